The third-order valence-electron chi connectivity index (χ3n) is 1.96. The van der Waals surface area contributed by atoms with E-state index < -0.39 is 12.1 Å². The summed E-state index contributed by atoms with van der Waals surface area (Å²) in [4.78, 5) is 10.6. The van der Waals surface area contributed by atoms with E-state index >= 15 is 0 Å². The van der Waals surface area contributed by atoms with Crippen molar-refractivity contribution < 1.29 is 22.7 Å². The summed E-state index contributed by atoms with van der Waals surface area (Å²) in [6.07, 6.45) is -0.422. The van der Waals surface area contributed by atoms with Gasteiger partial charge >= 0.3 is 6.36 Å². The highest BCUT2D eigenvalue weighted by Gasteiger charge is 2.31. The second kappa shape index (κ2) is 6.20. The lowest BCUT2D eigenvalue weighted by atomic mass is 10.1. The predicted octanol–water partition coefficient (Wildman–Crippen LogP) is 2.76. The van der Waals surface area contributed by atoms with Crippen molar-refractivity contribution in [2.45, 2.75) is 12.8 Å². The molecule has 3 nitrogen and oxygen atoms in total. The highest BCUT2D eigenvalue weighted by Crippen LogP contribution is 2.25. The molecular weight excluding hydrogens is 247 g/mol. The van der Waals surface area contributed by atoms with Gasteiger partial charge in [-0.05, 0) is 36.7 Å². The Balaban J connectivity index is 2.98. The number of carbonyl (C=O) groups is 1. The zero-order valence-corrected chi connectivity index (χ0v) is 9.41. The fourth-order valence-electron chi connectivity index (χ4n) is 1.32. The molecule has 0 saturated heterocycles. The van der Waals surface area contributed by atoms with Gasteiger partial charge in [-0.25, -0.2) is 0 Å². The lowest BCUT2D eigenvalue weighted by molar-refractivity contribution is -0.274. The van der Waals surface area contributed by atoms with Crippen LogP contribution in [0.25, 0.3) is 6.08 Å². The maximum Gasteiger partial charge on any atom is 0.573 e. The SMILES string of the molecule is NCCC=Cc1cc(C=O)cc(OC(F)(F)F)c1. The van der Waals surface area contributed by atoms with Crippen LogP contribution in [0.2, 0.25) is 0 Å². The molecule has 0 spiro atoms. The van der Waals surface area contributed by atoms with Crippen molar-refractivity contribution in [3.05, 3.63) is 35.4 Å². The third kappa shape index (κ3) is 5.01. The maximum atomic E-state index is 12.1. The molecule has 98 valence electrons. The van der Waals surface area contributed by atoms with Crippen LogP contribution in [0.15, 0.2) is 24.3 Å². The minimum Gasteiger partial charge on any atom is -0.406 e. The van der Waals surface area contributed by atoms with Gasteiger partial charge in [0.05, 0.1) is 0 Å². The van der Waals surface area contributed by atoms with Crippen LogP contribution in [0.5, 0.6) is 5.75 Å². The van der Waals surface area contributed by atoms with E-state index in [9.17, 15) is 18.0 Å². The molecule has 0 saturated carbocycles. The molecule has 0 aliphatic heterocycles. The van der Waals surface area contributed by atoms with Crippen molar-refractivity contribution in [1.82, 2.24) is 0 Å². The lowest BCUT2D eigenvalue weighted by Gasteiger charge is -2.09. The van der Waals surface area contributed by atoms with Gasteiger partial charge in [0.1, 0.15) is 12.0 Å². The third-order valence-corrected chi connectivity index (χ3v) is 1.96. The van der Waals surface area contributed by atoms with Crippen LogP contribution in [0.4, 0.5) is 13.2 Å². The number of hydrogen-bond donors (Lipinski definition) is 1. The van der Waals surface area contributed by atoms with Gasteiger partial charge in [-0.1, -0.05) is 12.2 Å². The van der Waals surface area contributed by atoms with Crippen molar-refractivity contribution in [2.75, 3.05) is 6.54 Å². The van der Waals surface area contributed by atoms with E-state index in [1.54, 1.807) is 12.2 Å². The molecule has 0 fully saturated rings. The molecular formula is C12H12F3NO2. The molecule has 0 aromatic heterocycles. The highest BCUT2D eigenvalue weighted by molar-refractivity contribution is 5.77. The minimum absolute atomic E-state index is 0.115. The largest absolute Gasteiger partial charge is 0.573 e. The van der Waals surface area contributed by atoms with E-state index in [1.807, 2.05) is 0 Å². The van der Waals surface area contributed by atoms with Gasteiger partial charge < -0.3 is 10.5 Å². The van der Waals surface area contributed by atoms with Crippen molar-refractivity contribution in [1.29, 1.82) is 0 Å². The Hall–Kier alpha value is -1.82. The second-order valence-electron chi connectivity index (χ2n) is 3.48. The molecule has 0 unspecified atom stereocenters. The summed E-state index contributed by atoms with van der Waals surface area (Å²) < 4.78 is 40.0. The molecule has 0 heterocycles. The number of rotatable bonds is 5. The van der Waals surface area contributed by atoms with Crippen LogP contribution >= 0.6 is 0 Å². The number of benzene rings is 1. The predicted molar refractivity (Wildman–Crippen MR) is 61.2 cm³/mol. The van der Waals surface area contributed by atoms with E-state index in [2.05, 4.69) is 4.74 Å². The van der Waals surface area contributed by atoms with Crippen LogP contribution in [-0.4, -0.2) is 19.2 Å². The monoisotopic (exact) mass is 259 g/mol. The number of nitrogens with two attached hydrogens (primary N) is 1. The molecule has 18 heavy (non-hydrogen) atoms. The average Bonchev–Trinajstić information content (AvgIpc) is 2.26. The van der Waals surface area contributed by atoms with Crippen LogP contribution < -0.4 is 10.5 Å². The Labute approximate surface area is 102 Å². The molecule has 0 radical (unpaired) electrons. The van der Waals surface area contributed by atoms with E-state index in [4.69, 9.17) is 5.73 Å². The Morgan fingerprint density at radius 2 is 1.89 bits per heavy atom. The molecule has 2 N–H and O–H groups in total. The molecule has 0 amide bonds. The summed E-state index contributed by atoms with van der Waals surface area (Å²) in [5.74, 6) is -0.417. The molecule has 1 aromatic carbocycles. The zero-order chi connectivity index (χ0) is 13.6. The number of carbonyl (C=O) groups excluding carboxylic acids is 1. The van der Waals surface area contributed by atoms with Crippen molar-refractivity contribution >= 4 is 12.4 Å². The number of halogens is 3. The van der Waals surface area contributed by atoms with E-state index in [0.29, 0.717) is 24.8 Å². The number of ether oxygens (including phenoxy) is 1. The van der Waals surface area contributed by atoms with Gasteiger partial charge in [-0.2, -0.15) is 0 Å². The molecule has 0 atom stereocenters. The van der Waals surface area contributed by atoms with E-state index in [0.717, 1.165) is 6.07 Å². The molecule has 0 bridgehead atoms. The van der Waals surface area contributed by atoms with Gasteiger partial charge in [0.15, 0.2) is 0 Å². The quantitative estimate of drug-likeness (QED) is 0.827. The van der Waals surface area contributed by atoms with Crippen LogP contribution in [0.3, 0.4) is 0 Å². The maximum absolute atomic E-state index is 12.1. The normalized spacial score (nSPS) is 11.8. The van der Waals surface area contributed by atoms with Crippen LogP contribution in [0, 0.1) is 0 Å². The number of aldehydes is 1. The standard InChI is InChI=1S/C12H12F3NO2/c13-12(14,15)18-11-6-9(3-1-2-4-16)5-10(7-11)8-17/h1,3,5-8H,2,4,16H2. The highest BCUT2D eigenvalue weighted by atomic mass is 19.4. The summed E-state index contributed by atoms with van der Waals surface area (Å²) in [6, 6.07) is 3.69. The molecule has 0 aliphatic rings. The molecule has 6 heteroatoms. The Kier molecular flexibility index (Phi) is 4.91. The summed E-state index contributed by atoms with van der Waals surface area (Å²) >= 11 is 0. The Bertz CT molecular complexity index is 441. The summed E-state index contributed by atoms with van der Waals surface area (Å²) in [6.45, 7) is 0.440. The number of alkyl halides is 3. The van der Waals surface area contributed by atoms with E-state index in [1.165, 1.54) is 12.1 Å². The van der Waals surface area contributed by atoms with Crippen molar-refractivity contribution in [3.63, 3.8) is 0 Å². The first-order valence-corrected chi connectivity index (χ1v) is 5.17. The topological polar surface area (TPSA) is 52.3 Å². The van der Waals surface area contributed by atoms with Crippen LogP contribution in [0.1, 0.15) is 22.3 Å². The van der Waals surface area contributed by atoms with Crippen LogP contribution in [-0.2, 0) is 0 Å². The van der Waals surface area contributed by atoms with Gasteiger partial charge in [-0.15, -0.1) is 13.2 Å². The van der Waals surface area contributed by atoms with Crippen molar-refractivity contribution in [2.24, 2.45) is 5.73 Å². The molecule has 1 aromatic rings. The first-order chi connectivity index (χ1) is 8.44. The van der Waals surface area contributed by atoms with E-state index in [-0.39, 0.29) is 5.56 Å². The fourth-order valence-corrected chi connectivity index (χ4v) is 1.32. The average molecular weight is 259 g/mol. The Morgan fingerprint density at radius 1 is 1.22 bits per heavy atom. The summed E-state index contributed by atoms with van der Waals surface area (Å²) in [5, 5.41) is 0. The summed E-state index contributed by atoms with van der Waals surface area (Å²) in [5.41, 5.74) is 5.85. The number of hydrogen-bond acceptors (Lipinski definition) is 3. The fraction of sp³-hybridized carbons (Fsp3) is 0.250. The van der Waals surface area contributed by atoms with Crippen molar-refractivity contribution in [3.8, 4) is 5.75 Å². The van der Waals surface area contributed by atoms with Gasteiger partial charge in [0.2, 0.25) is 0 Å². The molecule has 1 rings (SSSR count). The lowest BCUT2D eigenvalue weighted by Crippen LogP contribution is -2.17. The van der Waals surface area contributed by atoms with Gasteiger partial charge in [0, 0.05) is 5.56 Å². The first kappa shape index (κ1) is 14.2. The van der Waals surface area contributed by atoms with Gasteiger partial charge in [-0.3, -0.25) is 4.79 Å². The smallest absolute Gasteiger partial charge is 0.406 e. The minimum atomic E-state index is -4.78. The Morgan fingerprint density at radius 3 is 2.44 bits per heavy atom. The van der Waals surface area contributed by atoms with Gasteiger partial charge in [0.25, 0.3) is 0 Å². The second-order valence-corrected chi connectivity index (χ2v) is 3.48. The first-order valence-electron chi connectivity index (χ1n) is 5.17. The summed E-state index contributed by atoms with van der Waals surface area (Å²) in [7, 11) is 0. The molecule has 0 aliphatic carbocycles. The zero-order valence-electron chi connectivity index (χ0n) is 9.41.